The molecule has 1 N–H and O–H groups in total. The summed E-state index contributed by atoms with van der Waals surface area (Å²) in [6.45, 7) is 0.645. The van der Waals surface area contributed by atoms with Gasteiger partial charge in [0, 0.05) is 32.3 Å². The maximum Gasteiger partial charge on any atom is 0.307 e. The molecule has 2 heterocycles. The molecule has 0 amide bonds. The van der Waals surface area contributed by atoms with Gasteiger partial charge >= 0.3 is 5.97 Å². The number of aromatic nitrogens is 2. The molecule has 1 aromatic heterocycles. The molecule has 0 bridgehead atoms. The summed E-state index contributed by atoms with van der Waals surface area (Å²) in [6.07, 6.45) is 4.69. The molecular weight excluding hydrogens is 306 g/mol. The maximum absolute atomic E-state index is 12.9. The SMILES string of the molecule is Cn1cc(S(=O)(=O)N2C[C@@H]3C(C(=O)O)[C@@H]3C2)c(C2CCC2)n1. The molecule has 120 valence electrons. The van der Waals surface area contributed by atoms with Crippen LogP contribution < -0.4 is 0 Å². The Hall–Kier alpha value is -1.41. The number of hydrogen-bond acceptors (Lipinski definition) is 4. The van der Waals surface area contributed by atoms with E-state index < -0.39 is 16.0 Å². The largest absolute Gasteiger partial charge is 0.481 e. The molecule has 0 aromatic carbocycles. The molecule has 0 radical (unpaired) electrons. The number of piperidine rings is 1. The predicted octanol–water partition coefficient (Wildman–Crippen LogP) is 0.639. The molecule has 1 unspecified atom stereocenters. The van der Waals surface area contributed by atoms with Gasteiger partial charge in [-0.1, -0.05) is 6.42 Å². The zero-order valence-electron chi connectivity index (χ0n) is 12.3. The minimum Gasteiger partial charge on any atom is -0.481 e. The van der Waals surface area contributed by atoms with Gasteiger partial charge in [-0.05, 0) is 24.7 Å². The lowest BCUT2D eigenvalue weighted by atomic mass is 9.83. The van der Waals surface area contributed by atoms with Crippen LogP contribution in [-0.2, 0) is 21.9 Å². The Bertz CT molecular complexity index is 725. The Morgan fingerprint density at radius 3 is 2.45 bits per heavy atom. The first-order chi connectivity index (χ1) is 10.4. The first-order valence-electron chi connectivity index (χ1n) is 7.66. The molecule has 7 nitrogen and oxygen atoms in total. The van der Waals surface area contributed by atoms with Crippen molar-refractivity contribution in [2.45, 2.75) is 30.1 Å². The third kappa shape index (κ3) is 1.93. The van der Waals surface area contributed by atoms with Gasteiger partial charge in [0.1, 0.15) is 4.90 Å². The van der Waals surface area contributed by atoms with E-state index >= 15 is 0 Å². The van der Waals surface area contributed by atoms with Crippen LogP contribution in [0.1, 0.15) is 30.9 Å². The van der Waals surface area contributed by atoms with Crippen molar-refractivity contribution in [2.24, 2.45) is 24.8 Å². The van der Waals surface area contributed by atoms with Crippen molar-refractivity contribution in [2.75, 3.05) is 13.1 Å². The standard InChI is InChI=1S/C14H19N3O4S/c1-16-7-11(13(15-16)8-3-2-4-8)22(20,21)17-5-9-10(6-17)12(9)14(18)19/h7-10,12H,2-6H2,1H3,(H,18,19)/t9-,10+,12?. The van der Waals surface area contributed by atoms with Gasteiger partial charge in [0.2, 0.25) is 10.0 Å². The van der Waals surface area contributed by atoms with Gasteiger partial charge in [0.25, 0.3) is 0 Å². The molecule has 3 fully saturated rings. The quantitative estimate of drug-likeness (QED) is 0.877. The molecule has 3 aliphatic rings. The molecule has 2 saturated carbocycles. The lowest BCUT2D eigenvalue weighted by Gasteiger charge is -2.26. The van der Waals surface area contributed by atoms with Gasteiger partial charge in [-0.15, -0.1) is 0 Å². The summed E-state index contributed by atoms with van der Waals surface area (Å²) in [4.78, 5) is 11.3. The van der Waals surface area contributed by atoms with Gasteiger partial charge in [0.05, 0.1) is 11.6 Å². The van der Waals surface area contributed by atoms with Crippen molar-refractivity contribution in [3.63, 3.8) is 0 Å². The molecule has 8 heteroatoms. The fourth-order valence-corrected chi connectivity index (χ4v) is 5.61. The fourth-order valence-electron chi connectivity index (χ4n) is 3.84. The second kappa shape index (κ2) is 4.55. The van der Waals surface area contributed by atoms with Crippen LogP contribution in [0, 0.1) is 17.8 Å². The minimum atomic E-state index is -3.56. The Morgan fingerprint density at radius 1 is 1.32 bits per heavy atom. The summed E-state index contributed by atoms with van der Waals surface area (Å²) >= 11 is 0. The number of aryl methyl sites for hydroxylation is 1. The average Bonchev–Trinajstić information content (AvgIpc) is 2.72. The summed E-state index contributed by atoms with van der Waals surface area (Å²) in [5, 5.41) is 13.4. The monoisotopic (exact) mass is 325 g/mol. The van der Waals surface area contributed by atoms with Crippen LogP contribution in [0.5, 0.6) is 0 Å². The van der Waals surface area contributed by atoms with Crippen LogP contribution in [0.2, 0.25) is 0 Å². The lowest BCUT2D eigenvalue weighted by molar-refractivity contribution is -0.139. The molecule has 22 heavy (non-hydrogen) atoms. The third-order valence-electron chi connectivity index (χ3n) is 5.38. The van der Waals surface area contributed by atoms with E-state index in [1.54, 1.807) is 17.9 Å². The second-order valence-corrected chi connectivity index (χ2v) is 8.60. The first-order valence-corrected chi connectivity index (χ1v) is 9.10. The number of carboxylic acid groups (broad SMARTS) is 1. The van der Waals surface area contributed by atoms with Crippen molar-refractivity contribution >= 4 is 16.0 Å². The van der Waals surface area contributed by atoms with Crippen LogP contribution in [-0.4, -0.2) is 46.7 Å². The molecule has 1 aliphatic heterocycles. The van der Waals surface area contributed by atoms with Crippen LogP contribution in [0.4, 0.5) is 0 Å². The number of aliphatic carboxylic acids is 1. The van der Waals surface area contributed by atoms with Crippen molar-refractivity contribution in [3.8, 4) is 0 Å². The van der Waals surface area contributed by atoms with Crippen molar-refractivity contribution < 1.29 is 18.3 Å². The summed E-state index contributed by atoms with van der Waals surface area (Å²) in [5.74, 6) is -0.947. The van der Waals surface area contributed by atoms with E-state index in [4.69, 9.17) is 5.11 Å². The molecule has 2 aliphatic carbocycles. The van der Waals surface area contributed by atoms with Gasteiger partial charge in [-0.3, -0.25) is 9.48 Å². The summed E-state index contributed by atoms with van der Waals surface area (Å²) in [5.41, 5.74) is 0.684. The maximum atomic E-state index is 12.9. The lowest BCUT2D eigenvalue weighted by Crippen LogP contribution is -2.33. The van der Waals surface area contributed by atoms with Crippen molar-refractivity contribution in [3.05, 3.63) is 11.9 Å². The topological polar surface area (TPSA) is 92.5 Å². The highest BCUT2D eigenvalue weighted by Gasteiger charge is 2.61. The highest BCUT2D eigenvalue weighted by atomic mass is 32.2. The smallest absolute Gasteiger partial charge is 0.307 e. The van der Waals surface area contributed by atoms with E-state index in [9.17, 15) is 13.2 Å². The molecule has 1 aromatic rings. The Balaban J connectivity index is 1.59. The zero-order chi connectivity index (χ0) is 15.6. The zero-order valence-corrected chi connectivity index (χ0v) is 13.2. The van der Waals surface area contributed by atoms with Gasteiger partial charge in [0.15, 0.2) is 0 Å². The van der Waals surface area contributed by atoms with Crippen molar-refractivity contribution in [1.29, 1.82) is 0 Å². The highest BCUT2D eigenvalue weighted by molar-refractivity contribution is 7.89. The second-order valence-electron chi connectivity index (χ2n) is 6.69. The first kappa shape index (κ1) is 14.2. The Morgan fingerprint density at radius 2 is 1.95 bits per heavy atom. The number of fused-ring (bicyclic) bond motifs is 1. The van der Waals surface area contributed by atoms with Crippen LogP contribution in [0.25, 0.3) is 0 Å². The average molecular weight is 325 g/mol. The highest BCUT2D eigenvalue weighted by Crippen LogP contribution is 2.53. The third-order valence-corrected chi connectivity index (χ3v) is 7.23. The van der Waals surface area contributed by atoms with E-state index in [0.717, 1.165) is 19.3 Å². The number of nitrogens with zero attached hydrogens (tertiary/aromatic N) is 3. The number of rotatable bonds is 4. The van der Waals surface area contributed by atoms with Gasteiger partial charge < -0.3 is 5.11 Å². The molecule has 3 atom stereocenters. The van der Waals surface area contributed by atoms with Gasteiger partial charge in [-0.25, -0.2) is 8.42 Å². The molecule has 0 spiro atoms. The van der Waals surface area contributed by atoms with E-state index in [2.05, 4.69) is 5.10 Å². The molecule has 4 rings (SSSR count). The number of carboxylic acids is 1. The van der Waals surface area contributed by atoms with Crippen LogP contribution in [0.15, 0.2) is 11.1 Å². The number of hydrogen-bond donors (Lipinski definition) is 1. The van der Waals surface area contributed by atoms with Crippen LogP contribution >= 0.6 is 0 Å². The van der Waals surface area contributed by atoms with E-state index in [1.165, 1.54) is 4.31 Å². The Labute approximate surface area is 129 Å². The van der Waals surface area contributed by atoms with E-state index in [0.29, 0.717) is 23.7 Å². The normalized spacial score (nSPS) is 31.8. The number of sulfonamides is 1. The Kier molecular flexibility index (Phi) is 2.93. The van der Waals surface area contributed by atoms with Gasteiger partial charge in [-0.2, -0.15) is 9.40 Å². The van der Waals surface area contributed by atoms with E-state index in [-0.39, 0.29) is 23.7 Å². The molecular formula is C14H19N3O4S. The minimum absolute atomic E-state index is 0.0175. The summed E-state index contributed by atoms with van der Waals surface area (Å²) in [6, 6.07) is 0. The van der Waals surface area contributed by atoms with Crippen LogP contribution in [0.3, 0.4) is 0 Å². The summed E-state index contributed by atoms with van der Waals surface area (Å²) < 4.78 is 28.8. The predicted molar refractivity (Wildman–Crippen MR) is 76.7 cm³/mol. The summed E-state index contributed by atoms with van der Waals surface area (Å²) in [7, 11) is -1.83. The number of carbonyl (C=O) groups is 1. The van der Waals surface area contributed by atoms with Crippen molar-refractivity contribution in [1.82, 2.24) is 14.1 Å². The molecule has 1 saturated heterocycles. The fraction of sp³-hybridized carbons (Fsp3) is 0.714. The van der Waals surface area contributed by atoms with E-state index in [1.807, 2.05) is 0 Å².